The molecule has 2 N–H and O–H groups in total. The monoisotopic (exact) mass is 487 g/mol. The lowest BCUT2D eigenvalue weighted by Crippen LogP contribution is -2.50. The number of benzene rings is 2. The summed E-state index contributed by atoms with van der Waals surface area (Å²) in [5.41, 5.74) is 3.44. The fraction of sp³-hybridized carbons (Fsp3) is 0.231. The number of hydrogen-bond acceptors (Lipinski definition) is 4. The van der Waals surface area contributed by atoms with Gasteiger partial charge in [-0.05, 0) is 54.3 Å². The molecule has 9 heteroatoms. The number of aryl methyl sites for hydroxylation is 1. The molecular weight excluding hydrogens is 462 g/mol. The fourth-order valence-electron chi connectivity index (χ4n) is 4.66. The van der Waals surface area contributed by atoms with Crippen LogP contribution in [0.25, 0.3) is 10.9 Å². The third kappa shape index (κ3) is 4.58. The average molecular weight is 488 g/mol. The number of nitriles is 1. The predicted octanol–water partition coefficient (Wildman–Crippen LogP) is 3.16. The second kappa shape index (κ2) is 9.41. The van der Waals surface area contributed by atoms with Crippen LogP contribution in [0.5, 0.6) is 0 Å². The summed E-state index contributed by atoms with van der Waals surface area (Å²) in [6.45, 7) is 1.29. The Morgan fingerprint density at radius 2 is 1.91 bits per heavy atom. The smallest absolute Gasteiger partial charge is 0.241 e. The Kier molecular flexibility index (Phi) is 6.16. The molecule has 1 aliphatic heterocycles. The van der Waals surface area contributed by atoms with Crippen molar-refractivity contribution in [2.75, 3.05) is 6.54 Å². The maximum atomic E-state index is 13.7. The zero-order valence-corrected chi connectivity index (χ0v) is 19.8. The zero-order chi connectivity index (χ0) is 24.4. The van der Waals surface area contributed by atoms with Crippen molar-refractivity contribution in [3.05, 3.63) is 89.9 Å². The Morgan fingerprint density at radius 3 is 2.74 bits per heavy atom. The molecule has 3 heterocycles. The number of nitrogens with zero attached hydrogens (tertiary/aromatic N) is 3. The minimum Gasteiger partial charge on any atom is -0.361 e. The highest BCUT2D eigenvalue weighted by Crippen LogP contribution is 2.24. The first-order chi connectivity index (χ1) is 17.0. The summed E-state index contributed by atoms with van der Waals surface area (Å²) in [5, 5.41) is 9.90. The van der Waals surface area contributed by atoms with Crippen LogP contribution in [0.15, 0.2) is 78.0 Å². The fourth-order valence-corrected chi connectivity index (χ4v) is 6.10. The molecule has 0 spiro atoms. The number of aromatic nitrogens is 2. The van der Waals surface area contributed by atoms with Crippen LogP contribution in [0.4, 0.5) is 0 Å². The van der Waals surface area contributed by atoms with Gasteiger partial charge in [0.1, 0.15) is 17.8 Å². The zero-order valence-electron chi connectivity index (χ0n) is 19.0. The van der Waals surface area contributed by atoms with E-state index in [0.29, 0.717) is 36.2 Å². The maximum Gasteiger partial charge on any atom is 0.241 e. The molecule has 1 amide bonds. The van der Waals surface area contributed by atoms with E-state index < -0.39 is 16.1 Å². The largest absolute Gasteiger partial charge is 0.361 e. The Bertz CT molecular complexity index is 1530. The van der Waals surface area contributed by atoms with Crippen molar-refractivity contribution in [2.24, 2.45) is 0 Å². The van der Waals surface area contributed by atoms with Crippen LogP contribution in [0.1, 0.15) is 23.2 Å². The highest BCUT2D eigenvalue weighted by molar-refractivity contribution is 7.89. The van der Waals surface area contributed by atoms with Crippen LogP contribution >= 0.6 is 0 Å². The Labute approximate surface area is 203 Å². The van der Waals surface area contributed by atoms with Gasteiger partial charge in [0.2, 0.25) is 15.9 Å². The van der Waals surface area contributed by atoms with Crippen molar-refractivity contribution in [3.63, 3.8) is 0 Å². The lowest BCUT2D eigenvalue weighted by atomic mass is 9.99. The first-order valence-corrected chi connectivity index (χ1v) is 12.9. The summed E-state index contributed by atoms with van der Waals surface area (Å²) < 4.78 is 31.4. The van der Waals surface area contributed by atoms with E-state index in [0.717, 1.165) is 12.0 Å². The summed E-state index contributed by atoms with van der Waals surface area (Å²) in [4.78, 5) is 18.5. The van der Waals surface area contributed by atoms with Crippen molar-refractivity contribution < 1.29 is 13.2 Å². The molecule has 0 radical (unpaired) electrons. The standard InChI is InChI=1S/C26H25N5O3S/c27-17-21-7-4-14-30(21)16-12-24(26(32)31-15-11-19-5-1-2-6-20(19)18-31)29-35(33,34)25-9-3-8-23-22(25)10-13-28-23/h1-10,13-14,24,28-29H,11-12,15-16,18H2. The number of carbonyl (C=O) groups is 1. The Morgan fingerprint density at radius 1 is 1.09 bits per heavy atom. The molecule has 0 fully saturated rings. The van der Waals surface area contributed by atoms with Gasteiger partial charge in [-0.1, -0.05) is 30.3 Å². The number of rotatable bonds is 7. The van der Waals surface area contributed by atoms with Crippen molar-refractivity contribution in [1.29, 1.82) is 5.26 Å². The van der Waals surface area contributed by atoms with Crippen molar-refractivity contribution in [1.82, 2.24) is 19.2 Å². The van der Waals surface area contributed by atoms with E-state index in [2.05, 4.69) is 21.8 Å². The second-order valence-corrected chi connectivity index (χ2v) is 10.3. The Balaban J connectivity index is 1.43. The lowest BCUT2D eigenvalue weighted by molar-refractivity contribution is -0.134. The molecule has 2 aromatic carbocycles. The van der Waals surface area contributed by atoms with Gasteiger partial charge in [0.05, 0.1) is 4.90 Å². The number of aromatic amines is 1. The molecule has 5 rings (SSSR count). The Hall–Kier alpha value is -3.87. The molecule has 35 heavy (non-hydrogen) atoms. The first-order valence-electron chi connectivity index (χ1n) is 11.5. The summed E-state index contributed by atoms with van der Waals surface area (Å²) in [6, 6.07) is 19.3. The molecule has 0 saturated carbocycles. The van der Waals surface area contributed by atoms with Gasteiger partial charge >= 0.3 is 0 Å². The number of sulfonamides is 1. The molecule has 0 bridgehead atoms. The van der Waals surface area contributed by atoms with E-state index >= 15 is 0 Å². The van der Waals surface area contributed by atoms with Gasteiger partial charge < -0.3 is 14.5 Å². The van der Waals surface area contributed by atoms with Crippen LogP contribution in [0.2, 0.25) is 0 Å². The summed E-state index contributed by atoms with van der Waals surface area (Å²) in [6.07, 6.45) is 4.38. The lowest BCUT2D eigenvalue weighted by Gasteiger charge is -2.32. The van der Waals surface area contributed by atoms with Crippen LogP contribution < -0.4 is 4.72 Å². The van der Waals surface area contributed by atoms with Gasteiger partial charge in [-0.3, -0.25) is 4.79 Å². The number of hydrogen-bond donors (Lipinski definition) is 2. The molecule has 4 aromatic rings. The minimum atomic E-state index is -4.00. The topological polar surface area (TPSA) is 111 Å². The van der Waals surface area contributed by atoms with Crippen molar-refractivity contribution in [2.45, 2.75) is 36.9 Å². The molecule has 8 nitrogen and oxygen atoms in total. The molecule has 1 aliphatic rings. The average Bonchev–Trinajstić information content (AvgIpc) is 3.54. The van der Waals surface area contributed by atoms with Gasteiger partial charge in [0, 0.05) is 42.9 Å². The predicted molar refractivity (Wildman–Crippen MR) is 132 cm³/mol. The van der Waals surface area contributed by atoms with E-state index in [1.54, 1.807) is 52.2 Å². The number of amides is 1. The van der Waals surface area contributed by atoms with Crippen molar-refractivity contribution >= 4 is 26.8 Å². The van der Waals surface area contributed by atoms with Crippen LogP contribution in [-0.4, -0.2) is 41.4 Å². The molecule has 178 valence electrons. The van der Waals surface area contributed by atoms with Gasteiger partial charge in [0.25, 0.3) is 0 Å². The second-order valence-electron chi connectivity index (χ2n) is 8.63. The summed E-state index contributed by atoms with van der Waals surface area (Å²) in [7, 11) is -4.00. The molecule has 2 aromatic heterocycles. The number of nitrogens with one attached hydrogen (secondary N) is 2. The van der Waals surface area contributed by atoms with Crippen LogP contribution in [0, 0.1) is 11.3 Å². The van der Waals surface area contributed by atoms with Gasteiger partial charge in [-0.15, -0.1) is 0 Å². The molecule has 1 unspecified atom stereocenters. The van der Waals surface area contributed by atoms with E-state index in [4.69, 9.17) is 0 Å². The number of fused-ring (bicyclic) bond motifs is 2. The van der Waals surface area contributed by atoms with Crippen LogP contribution in [-0.2, 0) is 34.3 Å². The highest BCUT2D eigenvalue weighted by atomic mass is 32.2. The summed E-state index contributed by atoms with van der Waals surface area (Å²) in [5.74, 6) is -0.269. The van der Waals surface area contributed by atoms with Gasteiger partial charge in [-0.25, -0.2) is 8.42 Å². The van der Waals surface area contributed by atoms with Crippen LogP contribution in [0.3, 0.4) is 0 Å². The number of carbonyl (C=O) groups excluding carboxylic acids is 1. The summed E-state index contributed by atoms with van der Waals surface area (Å²) >= 11 is 0. The molecular formula is C26H25N5O3S. The van der Waals surface area contributed by atoms with E-state index in [-0.39, 0.29) is 17.2 Å². The minimum absolute atomic E-state index is 0.122. The third-order valence-corrected chi connectivity index (χ3v) is 8.01. The maximum absolute atomic E-state index is 13.7. The van der Waals surface area contributed by atoms with Gasteiger partial charge in [0.15, 0.2) is 0 Å². The SMILES string of the molecule is N#Cc1cccn1CCC(NS(=O)(=O)c1cccc2[nH]ccc12)C(=O)N1CCc2ccccc2C1. The number of H-pyrrole nitrogens is 1. The van der Waals surface area contributed by atoms with Gasteiger partial charge in [-0.2, -0.15) is 9.98 Å². The van der Waals surface area contributed by atoms with E-state index in [1.807, 2.05) is 18.2 Å². The molecule has 0 aliphatic carbocycles. The molecule has 0 saturated heterocycles. The first kappa shape index (κ1) is 22.9. The van der Waals surface area contributed by atoms with E-state index in [1.165, 1.54) is 11.6 Å². The molecule has 1 atom stereocenters. The highest BCUT2D eigenvalue weighted by Gasteiger charge is 2.31. The normalized spacial score (nSPS) is 14.4. The van der Waals surface area contributed by atoms with E-state index in [9.17, 15) is 18.5 Å². The van der Waals surface area contributed by atoms with Crippen molar-refractivity contribution in [3.8, 4) is 6.07 Å². The third-order valence-electron chi connectivity index (χ3n) is 6.49. The quantitative estimate of drug-likeness (QED) is 0.417.